The third kappa shape index (κ3) is 4.14. The number of thiazole rings is 1. The van der Waals surface area contributed by atoms with Gasteiger partial charge in [-0.3, -0.25) is 9.48 Å². The maximum atomic E-state index is 12.5. The van der Waals surface area contributed by atoms with E-state index in [1.165, 1.54) is 0 Å². The number of nitrogens with zero attached hydrogens (tertiary/aromatic N) is 4. The van der Waals surface area contributed by atoms with Gasteiger partial charge in [-0.2, -0.15) is 5.10 Å². The Morgan fingerprint density at radius 1 is 1.34 bits per heavy atom. The van der Waals surface area contributed by atoms with Crippen LogP contribution in [0.25, 0.3) is 10.2 Å². The minimum absolute atomic E-state index is 0.173. The molecule has 0 saturated heterocycles. The molecule has 3 aromatic heterocycles. The number of hydrogen-bond acceptors (Lipinski definition) is 7. The largest absolute Gasteiger partial charge is 0.485 e. The minimum Gasteiger partial charge on any atom is -0.485 e. The lowest BCUT2D eigenvalue weighted by Gasteiger charge is -2.11. The second-order valence-corrected chi connectivity index (χ2v) is 8.10. The third-order valence-electron chi connectivity index (χ3n) is 4.50. The van der Waals surface area contributed by atoms with E-state index in [1.807, 2.05) is 52.2 Å². The van der Waals surface area contributed by atoms with Gasteiger partial charge in [0.2, 0.25) is 0 Å². The topological polar surface area (TPSA) is 95.1 Å². The second kappa shape index (κ2) is 7.67. The summed E-state index contributed by atoms with van der Waals surface area (Å²) >= 11 is 1.64. The molecule has 8 nitrogen and oxygen atoms in total. The van der Waals surface area contributed by atoms with Gasteiger partial charge in [-0.15, -0.1) is 11.3 Å². The Kier molecular flexibility index (Phi) is 5.06. The summed E-state index contributed by atoms with van der Waals surface area (Å²) in [4.78, 5) is 16.9. The monoisotopic (exact) mass is 411 g/mol. The maximum absolute atomic E-state index is 12.5. The first-order valence-electron chi connectivity index (χ1n) is 9.15. The van der Waals surface area contributed by atoms with Crippen molar-refractivity contribution in [2.45, 2.75) is 33.4 Å². The molecule has 4 rings (SSSR count). The van der Waals surface area contributed by atoms with Crippen molar-refractivity contribution in [1.82, 2.24) is 25.2 Å². The van der Waals surface area contributed by atoms with Gasteiger partial charge in [0.05, 0.1) is 27.0 Å². The molecule has 9 heteroatoms. The Morgan fingerprint density at radius 3 is 2.93 bits per heavy atom. The van der Waals surface area contributed by atoms with E-state index in [9.17, 15) is 4.79 Å². The van der Waals surface area contributed by atoms with Crippen LogP contribution in [0.15, 0.2) is 35.0 Å². The van der Waals surface area contributed by atoms with Crippen LogP contribution in [0, 0.1) is 13.8 Å². The molecule has 1 aromatic carbocycles. The molecule has 1 amide bonds. The molecular weight excluding hydrogens is 390 g/mol. The molecule has 0 radical (unpaired) electrons. The third-order valence-corrected chi connectivity index (χ3v) is 5.46. The van der Waals surface area contributed by atoms with Gasteiger partial charge in [-0.25, -0.2) is 4.98 Å². The number of carbonyl (C=O) groups is 1. The number of benzene rings is 1. The number of aromatic nitrogens is 4. The van der Waals surface area contributed by atoms with Gasteiger partial charge in [0.25, 0.3) is 5.91 Å². The van der Waals surface area contributed by atoms with Gasteiger partial charge in [0.1, 0.15) is 12.4 Å². The molecular formula is C20H21N5O3S. The highest BCUT2D eigenvalue weighted by molar-refractivity contribution is 7.18. The summed E-state index contributed by atoms with van der Waals surface area (Å²) in [6.45, 7) is 5.96. The van der Waals surface area contributed by atoms with Crippen LogP contribution in [0.4, 0.5) is 0 Å². The lowest BCUT2D eigenvalue weighted by atomic mass is 10.1. The van der Waals surface area contributed by atoms with Gasteiger partial charge in [-0.05, 0) is 32.9 Å². The fourth-order valence-corrected chi connectivity index (χ4v) is 3.95. The highest BCUT2D eigenvalue weighted by atomic mass is 32.1. The lowest BCUT2D eigenvalue weighted by Crippen LogP contribution is -2.27. The Morgan fingerprint density at radius 2 is 2.17 bits per heavy atom. The van der Waals surface area contributed by atoms with Gasteiger partial charge in [-0.1, -0.05) is 5.16 Å². The summed E-state index contributed by atoms with van der Waals surface area (Å²) in [5.74, 6) is 0.843. The molecule has 0 unspecified atom stereocenters. The molecule has 3 heterocycles. The molecule has 0 saturated carbocycles. The van der Waals surface area contributed by atoms with E-state index >= 15 is 0 Å². The zero-order chi connectivity index (χ0) is 20.5. The number of carbonyl (C=O) groups excluding carboxylic acids is 1. The van der Waals surface area contributed by atoms with E-state index in [2.05, 4.69) is 20.6 Å². The molecule has 0 fully saturated rings. The van der Waals surface area contributed by atoms with Gasteiger partial charge in [0.15, 0.2) is 11.5 Å². The van der Waals surface area contributed by atoms with Crippen molar-refractivity contribution in [3.05, 3.63) is 58.2 Å². The fraction of sp³-hybridized carbons (Fsp3) is 0.300. The van der Waals surface area contributed by atoms with Crippen molar-refractivity contribution in [3.63, 3.8) is 0 Å². The number of rotatable bonds is 6. The van der Waals surface area contributed by atoms with Gasteiger partial charge < -0.3 is 14.6 Å². The average Bonchev–Trinajstić information content (AvgIpc) is 3.37. The van der Waals surface area contributed by atoms with Gasteiger partial charge in [0, 0.05) is 30.9 Å². The van der Waals surface area contributed by atoms with Crippen LogP contribution >= 0.6 is 11.3 Å². The van der Waals surface area contributed by atoms with Gasteiger partial charge >= 0.3 is 0 Å². The summed E-state index contributed by atoms with van der Waals surface area (Å²) in [7, 11) is 1.85. The highest BCUT2D eigenvalue weighted by Crippen LogP contribution is 2.26. The average molecular weight is 411 g/mol. The summed E-state index contributed by atoms with van der Waals surface area (Å²) in [5, 5.41) is 12.1. The summed E-state index contributed by atoms with van der Waals surface area (Å²) in [5.41, 5.74) is 2.95. The Bertz CT molecular complexity index is 1180. The summed E-state index contributed by atoms with van der Waals surface area (Å²) in [6.07, 6.45) is 1.89. The van der Waals surface area contributed by atoms with Crippen molar-refractivity contribution < 1.29 is 14.1 Å². The number of aryl methyl sites for hydroxylation is 3. The van der Waals surface area contributed by atoms with E-state index in [0.29, 0.717) is 11.5 Å². The molecule has 1 atom stereocenters. The van der Waals surface area contributed by atoms with E-state index in [-0.39, 0.29) is 24.2 Å². The molecule has 0 bridgehead atoms. The number of hydrogen-bond donors (Lipinski definition) is 1. The maximum Gasteiger partial charge on any atom is 0.273 e. The molecule has 0 aliphatic carbocycles. The van der Waals surface area contributed by atoms with Crippen molar-refractivity contribution >= 4 is 27.5 Å². The zero-order valence-electron chi connectivity index (χ0n) is 16.6. The van der Waals surface area contributed by atoms with E-state index in [4.69, 9.17) is 9.26 Å². The van der Waals surface area contributed by atoms with Crippen molar-refractivity contribution in [2.24, 2.45) is 7.05 Å². The van der Waals surface area contributed by atoms with Crippen LogP contribution in [0.5, 0.6) is 5.75 Å². The minimum atomic E-state index is -0.310. The number of fused-ring (bicyclic) bond motifs is 1. The SMILES string of the molecule is Cc1nc2cc(OCc3cc(C(=O)N[C@H](C)c4cn(C)nc4C)no3)ccc2s1. The van der Waals surface area contributed by atoms with Crippen LogP contribution in [0.3, 0.4) is 0 Å². The number of ether oxygens (including phenoxy) is 1. The Hall–Kier alpha value is -3.20. The number of amides is 1. The summed E-state index contributed by atoms with van der Waals surface area (Å²) < 4.78 is 13.9. The predicted octanol–water partition coefficient (Wildman–Crippen LogP) is 3.70. The van der Waals surface area contributed by atoms with E-state index in [0.717, 1.165) is 26.5 Å². The predicted molar refractivity (Wildman–Crippen MR) is 109 cm³/mol. The Labute approximate surface area is 171 Å². The quantitative estimate of drug-likeness (QED) is 0.520. The normalized spacial score (nSPS) is 12.3. The highest BCUT2D eigenvalue weighted by Gasteiger charge is 2.18. The lowest BCUT2D eigenvalue weighted by molar-refractivity contribution is 0.0930. The second-order valence-electron chi connectivity index (χ2n) is 6.87. The Balaban J connectivity index is 1.38. The first-order valence-corrected chi connectivity index (χ1v) is 9.97. The molecule has 0 aliphatic rings. The number of nitrogens with one attached hydrogen (secondary N) is 1. The zero-order valence-corrected chi connectivity index (χ0v) is 17.4. The van der Waals surface area contributed by atoms with Crippen molar-refractivity contribution in [3.8, 4) is 5.75 Å². The molecule has 4 aromatic rings. The van der Waals surface area contributed by atoms with Crippen molar-refractivity contribution in [2.75, 3.05) is 0 Å². The summed E-state index contributed by atoms with van der Waals surface area (Å²) in [6, 6.07) is 7.16. The van der Waals surface area contributed by atoms with Crippen molar-refractivity contribution in [1.29, 1.82) is 0 Å². The van der Waals surface area contributed by atoms with Crippen LogP contribution in [-0.4, -0.2) is 25.8 Å². The smallest absolute Gasteiger partial charge is 0.273 e. The molecule has 0 spiro atoms. The van der Waals surface area contributed by atoms with Crippen LogP contribution < -0.4 is 10.1 Å². The first-order chi connectivity index (χ1) is 13.9. The standard InChI is InChI=1S/C20H21N5O3S/c1-11(16-9-25(4)23-12(16)2)21-20(26)18-8-15(28-24-18)10-27-14-5-6-19-17(7-14)22-13(3)29-19/h5-9,11H,10H2,1-4H3,(H,21,26)/t11-/m1/s1. The van der Waals surface area contributed by atoms with Crippen LogP contribution in [-0.2, 0) is 13.7 Å². The van der Waals surface area contributed by atoms with Crippen LogP contribution in [0.1, 0.15) is 45.5 Å². The van der Waals surface area contributed by atoms with E-state index in [1.54, 1.807) is 22.1 Å². The molecule has 0 aliphatic heterocycles. The molecule has 1 N–H and O–H groups in total. The molecule has 150 valence electrons. The first kappa shape index (κ1) is 19.1. The fourth-order valence-electron chi connectivity index (χ4n) is 3.15. The van der Waals surface area contributed by atoms with E-state index < -0.39 is 0 Å². The molecule has 29 heavy (non-hydrogen) atoms. The van der Waals surface area contributed by atoms with Crippen LogP contribution in [0.2, 0.25) is 0 Å².